The maximum atomic E-state index is 5.27. The van der Waals surface area contributed by atoms with E-state index in [4.69, 9.17) is 9.47 Å². The van der Waals surface area contributed by atoms with Gasteiger partial charge >= 0.3 is 0 Å². The van der Waals surface area contributed by atoms with Crippen molar-refractivity contribution < 1.29 is 9.47 Å². The summed E-state index contributed by atoms with van der Waals surface area (Å²) in [4.78, 5) is 0.945. The molecular formula is C10H14O2S. The van der Waals surface area contributed by atoms with Gasteiger partial charge in [0.2, 0.25) is 0 Å². The van der Waals surface area contributed by atoms with E-state index >= 15 is 0 Å². The maximum Gasteiger partial charge on any atom is 0.164 e. The zero-order valence-corrected chi connectivity index (χ0v) is 9.02. The van der Waals surface area contributed by atoms with Crippen LogP contribution in [-0.4, -0.2) is 14.2 Å². The van der Waals surface area contributed by atoms with Crippen molar-refractivity contribution in [3.8, 4) is 11.5 Å². The number of benzene rings is 1. The lowest BCUT2D eigenvalue weighted by Gasteiger charge is -2.13. The van der Waals surface area contributed by atoms with Gasteiger partial charge in [0.25, 0.3) is 0 Å². The molecule has 0 aliphatic rings. The van der Waals surface area contributed by atoms with Gasteiger partial charge in [-0.1, -0.05) is 6.92 Å². The van der Waals surface area contributed by atoms with Crippen LogP contribution in [0.4, 0.5) is 0 Å². The van der Waals surface area contributed by atoms with Crippen molar-refractivity contribution in [2.24, 2.45) is 0 Å². The number of thiol groups is 1. The highest BCUT2D eigenvalue weighted by atomic mass is 32.1. The van der Waals surface area contributed by atoms with Crippen LogP contribution in [0, 0.1) is 0 Å². The van der Waals surface area contributed by atoms with Gasteiger partial charge in [-0.05, 0) is 18.6 Å². The molecule has 0 aliphatic carbocycles. The normalized spacial score (nSPS) is 9.85. The summed E-state index contributed by atoms with van der Waals surface area (Å²) in [5.41, 5.74) is 1.09. The predicted molar refractivity (Wildman–Crippen MR) is 56.2 cm³/mol. The minimum atomic E-state index is 0.761. The number of rotatable bonds is 3. The lowest BCUT2D eigenvalue weighted by molar-refractivity contribution is 0.350. The second kappa shape index (κ2) is 4.42. The smallest absolute Gasteiger partial charge is 0.164 e. The minimum absolute atomic E-state index is 0.761. The predicted octanol–water partition coefficient (Wildman–Crippen LogP) is 2.55. The molecule has 13 heavy (non-hydrogen) atoms. The van der Waals surface area contributed by atoms with Gasteiger partial charge in [0, 0.05) is 10.5 Å². The first-order valence-electron chi connectivity index (χ1n) is 4.17. The number of ether oxygens (including phenoxy) is 2. The summed E-state index contributed by atoms with van der Waals surface area (Å²) in [6.07, 6.45) is 0.888. The van der Waals surface area contributed by atoms with Crippen LogP contribution in [0.3, 0.4) is 0 Å². The minimum Gasteiger partial charge on any atom is -0.493 e. The van der Waals surface area contributed by atoms with Gasteiger partial charge in [-0.3, -0.25) is 0 Å². The van der Waals surface area contributed by atoms with Gasteiger partial charge in [0.15, 0.2) is 11.5 Å². The molecule has 0 saturated heterocycles. The molecule has 0 heterocycles. The Hall–Kier alpha value is -0.830. The Bertz CT molecular complexity index is 297. The Morgan fingerprint density at radius 2 is 1.92 bits per heavy atom. The largest absolute Gasteiger partial charge is 0.493 e. The first-order valence-corrected chi connectivity index (χ1v) is 4.62. The number of methoxy groups -OCH3 is 2. The third-order valence-corrected chi connectivity index (χ3v) is 2.40. The van der Waals surface area contributed by atoms with Crippen LogP contribution in [0.15, 0.2) is 17.0 Å². The molecule has 0 spiro atoms. The molecule has 0 amide bonds. The van der Waals surface area contributed by atoms with Crippen molar-refractivity contribution in [1.82, 2.24) is 0 Å². The van der Waals surface area contributed by atoms with Crippen molar-refractivity contribution >= 4 is 12.6 Å². The molecule has 0 atom stereocenters. The van der Waals surface area contributed by atoms with E-state index in [0.29, 0.717) is 0 Å². The molecule has 0 fully saturated rings. The summed E-state index contributed by atoms with van der Waals surface area (Å²) >= 11 is 4.35. The van der Waals surface area contributed by atoms with Crippen molar-refractivity contribution in [3.05, 3.63) is 17.7 Å². The first kappa shape index (κ1) is 10.3. The van der Waals surface area contributed by atoms with Crippen molar-refractivity contribution in [1.29, 1.82) is 0 Å². The fraction of sp³-hybridized carbons (Fsp3) is 0.400. The molecule has 0 radical (unpaired) electrons. The summed E-state index contributed by atoms with van der Waals surface area (Å²) in [5.74, 6) is 1.55. The van der Waals surface area contributed by atoms with Crippen molar-refractivity contribution in [2.45, 2.75) is 18.2 Å². The lowest BCUT2D eigenvalue weighted by Crippen LogP contribution is -1.96. The van der Waals surface area contributed by atoms with E-state index in [1.165, 1.54) is 0 Å². The number of hydrogen-bond acceptors (Lipinski definition) is 3. The summed E-state index contributed by atoms with van der Waals surface area (Å²) < 4.78 is 10.4. The van der Waals surface area contributed by atoms with Gasteiger partial charge in [0.05, 0.1) is 14.2 Å². The van der Waals surface area contributed by atoms with Crippen LogP contribution in [0.1, 0.15) is 12.5 Å². The Morgan fingerprint density at radius 3 is 2.38 bits per heavy atom. The highest BCUT2D eigenvalue weighted by Crippen LogP contribution is 2.35. The molecular weight excluding hydrogens is 184 g/mol. The van der Waals surface area contributed by atoms with Crippen molar-refractivity contribution in [2.75, 3.05) is 14.2 Å². The fourth-order valence-electron chi connectivity index (χ4n) is 1.32. The van der Waals surface area contributed by atoms with Gasteiger partial charge in [-0.25, -0.2) is 0 Å². The lowest BCUT2D eigenvalue weighted by atomic mass is 10.1. The van der Waals surface area contributed by atoms with E-state index in [2.05, 4.69) is 19.6 Å². The molecule has 1 aromatic carbocycles. The third kappa shape index (κ3) is 1.91. The summed E-state index contributed by atoms with van der Waals surface area (Å²) in [6.45, 7) is 2.07. The van der Waals surface area contributed by atoms with Gasteiger partial charge < -0.3 is 9.47 Å². The Labute approximate surface area is 84.3 Å². The molecule has 0 saturated carbocycles. The topological polar surface area (TPSA) is 18.5 Å². The third-order valence-electron chi connectivity index (χ3n) is 1.98. The Kier molecular flexibility index (Phi) is 3.48. The quantitative estimate of drug-likeness (QED) is 0.752. The van der Waals surface area contributed by atoms with E-state index in [9.17, 15) is 0 Å². The van der Waals surface area contributed by atoms with E-state index in [1.54, 1.807) is 14.2 Å². The Balaban J connectivity index is 3.27. The van der Waals surface area contributed by atoms with Crippen LogP contribution in [0.25, 0.3) is 0 Å². The molecule has 1 rings (SSSR count). The standard InChI is InChI=1S/C10H14O2S/c1-4-7-9(13)6-5-8(11-2)10(7)12-3/h5-6,13H,4H2,1-3H3. The van der Waals surface area contributed by atoms with E-state index in [-0.39, 0.29) is 0 Å². The molecule has 3 heteroatoms. The van der Waals surface area contributed by atoms with Gasteiger partial charge in [-0.15, -0.1) is 12.6 Å². The molecule has 0 bridgehead atoms. The molecule has 0 aliphatic heterocycles. The van der Waals surface area contributed by atoms with Crippen LogP contribution in [-0.2, 0) is 6.42 Å². The summed E-state index contributed by atoms with van der Waals surface area (Å²) in [7, 11) is 3.28. The summed E-state index contributed by atoms with van der Waals surface area (Å²) in [5, 5.41) is 0. The molecule has 1 aromatic rings. The monoisotopic (exact) mass is 198 g/mol. The highest BCUT2D eigenvalue weighted by molar-refractivity contribution is 7.80. The SMILES string of the molecule is CCc1c(S)ccc(OC)c1OC. The second-order valence-corrected chi connectivity index (χ2v) is 3.13. The van der Waals surface area contributed by atoms with Crippen LogP contribution in [0.5, 0.6) is 11.5 Å². The van der Waals surface area contributed by atoms with Crippen molar-refractivity contribution in [3.63, 3.8) is 0 Å². The fourth-order valence-corrected chi connectivity index (χ4v) is 1.66. The zero-order chi connectivity index (χ0) is 9.84. The van der Waals surface area contributed by atoms with E-state index < -0.39 is 0 Å². The average molecular weight is 198 g/mol. The number of hydrogen-bond donors (Lipinski definition) is 1. The Morgan fingerprint density at radius 1 is 1.23 bits per heavy atom. The molecule has 0 N–H and O–H groups in total. The van der Waals surface area contributed by atoms with Gasteiger partial charge in [-0.2, -0.15) is 0 Å². The van der Waals surface area contributed by atoms with Crippen LogP contribution >= 0.6 is 12.6 Å². The van der Waals surface area contributed by atoms with Crippen LogP contribution < -0.4 is 9.47 Å². The summed E-state index contributed by atoms with van der Waals surface area (Å²) in [6, 6.07) is 3.78. The maximum absolute atomic E-state index is 5.27. The first-order chi connectivity index (χ1) is 6.24. The zero-order valence-electron chi connectivity index (χ0n) is 8.13. The van der Waals surface area contributed by atoms with E-state index in [0.717, 1.165) is 28.4 Å². The molecule has 2 nitrogen and oxygen atoms in total. The average Bonchev–Trinajstić information content (AvgIpc) is 2.17. The second-order valence-electron chi connectivity index (χ2n) is 2.65. The molecule has 0 unspecified atom stereocenters. The highest BCUT2D eigenvalue weighted by Gasteiger charge is 2.10. The van der Waals surface area contributed by atoms with Crippen LogP contribution in [0.2, 0.25) is 0 Å². The molecule has 72 valence electrons. The molecule has 0 aromatic heterocycles. The van der Waals surface area contributed by atoms with E-state index in [1.807, 2.05) is 12.1 Å². The van der Waals surface area contributed by atoms with Gasteiger partial charge in [0.1, 0.15) is 0 Å².